The van der Waals surface area contributed by atoms with Crippen LogP contribution in [0.2, 0.25) is 0 Å². The van der Waals surface area contributed by atoms with Gasteiger partial charge in [0.1, 0.15) is 11.4 Å². The van der Waals surface area contributed by atoms with Crippen molar-refractivity contribution >= 4 is 17.7 Å². The molecule has 0 aliphatic heterocycles. The van der Waals surface area contributed by atoms with Crippen molar-refractivity contribution < 1.29 is 14.6 Å². The number of carboxylic acids is 1. The molecule has 0 spiro atoms. The number of rotatable bonds is 6. The average molecular weight is 289 g/mol. The standard InChI is InChI=1S/C15H15NO3S/c1-11-2-4-12(5-3-11)19-8-9-20-13-6-7-16-14(10-13)15(17)18/h2-7,10H,8-9H2,1H3,(H,17,18). The van der Waals surface area contributed by atoms with Crippen molar-refractivity contribution in [3.63, 3.8) is 0 Å². The van der Waals surface area contributed by atoms with Crippen LogP contribution in [0.4, 0.5) is 0 Å². The minimum absolute atomic E-state index is 0.0643. The fraction of sp³-hybridized carbons (Fsp3) is 0.200. The topological polar surface area (TPSA) is 59.4 Å². The van der Waals surface area contributed by atoms with Gasteiger partial charge in [-0.1, -0.05) is 17.7 Å². The largest absolute Gasteiger partial charge is 0.493 e. The minimum atomic E-state index is -1.01. The molecule has 0 saturated heterocycles. The summed E-state index contributed by atoms with van der Waals surface area (Å²) >= 11 is 1.55. The predicted molar refractivity (Wildman–Crippen MR) is 78.6 cm³/mol. The molecule has 1 heterocycles. The molecule has 0 amide bonds. The lowest BCUT2D eigenvalue weighted by atomic mass is 10.2. The van der Waals surface area contributed by atoms with Crippen LogP contribution in [-0.4, -0.2) is 28.4 Å². The smallest absolute Gasteiger partial charge is 0.354 e. The number of aromatic nitrogens is 1. The highest BCUT2D eigenvalue weighted by atomic mass is 32.2. The van der Waals surface area contributed by atoms with E-state index in [1.54, 1.807) is 23.9 Å². The lowest BCUT2D eigenvalue weighted by molar-refractivity contribution is 0.0690. The molecular weight excluding hydrogens is 274 g/mol. The fourth-order valence-electron chi connectivity index (χ4n) is 1.57. The van der Waals surface area contributed by atoms with Gasteiger partial charge in [-0.25, -0.2) is 9.78 Å². The van der Waals surface area contributed by atoms with E-state index < -0.39 is 5.97 Å². The molecule has 104 valence electrons. The summed E-state index contributed by atoms with van der Waals surface area (Å²) in [4.78, 5) is 15.5. The molecule has 0 bridgehead atoms. The van der Waals surface area contributed by atoms with Crippen LogP contribution in [0.25, 0.3) is 0 Å². The molecular formula is C15H15NO3S. The van der Waals surface area contributed by atoms with E-state index in [1.807, 2.05) is 31.2 Å². The highest BCUT2D eigenvalue weighted by Gasteiger charge is 2.05. The quantitative estimate of drug-likeness (QED) is 0.653. The van der Waals surface area contributed by atoms with Crippen molar-refractivity contribution in [2.75, 3.05) is 12.4 Å². The molecule has 1 N–H and O–H groups in total. The second-order valence-corrected chi connectivity index (χ2v) is 5.36. The molecule has 0 atom stereocenters. The maximum atomic E-state index is 10.8. The van der Waals surface area contributed by atoms with Gasteiger partial charge in [0, 0.05) is 16.8 Å². The van der Waals surface area contributed by atoms with Crippen molar-refractivity contribution in [1.82, 2.24) is 4.98 Å². The van der Waals surface area contributed by atoms with Gasteiger partial charge in [0.25, 0.3) is 0 Å². The maximum Gasteiger partial charge on any atom is 0.354 e. The molecule has 0 aliphatic rings. The van der Waals surface area contributed by atoms with Crippen LogP contribution >= 0.6 is 11.8 Å². The molecule has 1 aromatic carbocycles. The zero-order valence-electron chi connectivity index (χ0n) is 11.1. The Bertz CT molecular complexity index is 584. The fourth-order valence-corrected chi connectivity index (χ4v) is 2.33. The van der Waals surface area contributed by atoms with Crippen LogP contribution in [0.15, 0.2) is 47.5 Å². The van der Waals surface area contributed by atoms with E-state index >= 15 is 0 Å². The molecule has 2 aromatic rings. The van der Waals surface area contributed by atoms with Crippen LogP contribution < -0.4 is 4.74 Å². The van der Waals surface area contributed by atoms with E-state index in [9.17, 15) is 4.79 Å². The lowest BCUT2D eigenvalue weighted by Crippen LogP contribution is -2.01. The van der Waals surface area contributed by atoms with Gasteiger partial charge in [0.2, 0.25) is 0 Å². The second kappa shape index (κ2) is 6.96. The number of ether oxygens (including phenoxy) is 1. The van der Waals surface area contributed by atoms with Gasteiger partial charge in [-0.2, -0.15) is 0 Å². The number of aromatic carboxylic acids is 1. The van der Waals surface area contributed by atoms with Crippen LogP contribution in [0.5, 0.6) is 5.75 Å². The Labute approximate surface area is 121 Å². The molecule has 4 nitrogen and oxygen atoms in total. The predicted octanol–water partition coefficient (Wildman–Crippen LogP) is 3.26. The molecule has 0 radical (unpaired) electrons. The SMILES string of the molecule is Cc1ccc(OCCSc2ccnc(C(=O)O)c2)cc1. The summed E-state index contributed by atoms with van der Waals surface area (Å²) in [5.74, 6) is 0.581. The third-order valence-electron chi connectivity index (χ3n) is 2.59. The number of benzene rings is 1. The number of pyridine rings is 1. The number of carboxylic acid groups (broad SMARTS) is 1. The van der Waals surface area contributed by atoms with Crippen LogP contribution in [0.3, 0.4) is 0 Å². The minimum Gasteiger partial charge on any atom is -0.493 e. The first-order chi connectivity index (χ1) is 9.65. The molecule has 2 rings (SSSR count). The van der Waals surface area contributed by atoms with Gasteiger partial charge in [0.15, 0.2) is 0 Å². The van der Waals surface area contributed by atoms with E-state index in [4.69, 9.17) is 9.84 Å². The summed E-state index contributed by atoms with van der Waals surface area (Å²) in [5.41, 5.74) is 1.26. The Hall–Kier alpha value is -2.01. The Morgan fingerprint density at radius 1 is 1.30 bits per heavy atom. The van der Waals surface area contributed by atoms with Crippen molar-refractivity contribution in [2.45, 2.75) is 11.8 Å². The van der Waals surface area contributed by atoms with Gasteiger partial charge in [-0.3, -0.25) is 0 Å². The van der Waals surface area contributed by atoms with E-state index in [0.29, 0.717) is 6.61 Å². The van der Waals surface area contributed by atoms with Crippen molar-refractivity contribution in [2.24, 2.45) is 0 Å². The van der Waals surface area contributed by atoms with Gasteiger partial charge in [-0.15, -0.1) is 11.8 Å². The summed E-state index contributed by atoms with van der Waals surface area (Å²) in [5, 5.41) is 8.86. The third-order valence-corrected chi connectivity index (χ3v) is 3.55. The van der Waals surface area contributed by atoms with Crippen LogP contribution in [-0.2, 0) is 0 Å². The number of hydrogen-bond donors (Lipinski definition) is 1. The Morgan fingerprint density at radius 3 is 2.75 bits per heavy atom. The highest BCUT2D eigenvalue weighted by Crippen LogP contribution is 2.18. The zero-order valence-corrected chi connectivity index (χ0v) is 11.9. The van der Waals surface area contributed by atoms with E-state index in [-0.39, 0.29) is 5.69 Å². The summed E-state index contributed by atoms with van der Waals surface area (Å²) in [6.45, 7) is 2.60. The summed E-state index contributed by atoms with van der Waals surface area (Å²) in [6, 6.07) is 11.3. The first kappa shape index (κ1) is 14.4. The van der Waals surface area contributed by atoms with Gasteiger partial charge in [0.05, 0.1) is 6.61 Å². The molecule has 0 fully saturated rings. The molecule has 20 heavy (non-hydrogen) atoms. The average Bonchev–Trinajstić information content (AvgIpc) is 2.46. The Morgan fingerprint density at radius 2 is 2.05 bits per heavy atom. The van der Waals surface area contributed by atoms with Crippen molar-refractivity contribution in [3.8, 4) is 5.75 Å². The zero-order chi connectivity index (χ0) is 14.4. The van der Waals surface area contributed by atoms with Gasteiger partial charge >= 0.3 is 5.97 Å². The molecule has 0 unspecified atom stereocenters. The second-order valence-electron chi connectivity index (χ2n) is 4.19. The molecule has 1 aromatic heterocycles. The first-order valence-corrected chi connectivity index (χ1v) is 7.15. The summed E-state index contributed by atoms with van der Waals surface area (Å²) in [6.07, 6.45) is 1.51. The monoisotopic (exact) mass is 289 g/mol. The van der Waals surface area contributed by atoms with E-state index in [1.165, 1.54) is 11.8 Å². The van der Waals surface area contributed by atoms with E-state index in [2.05, 4.69) is 4.98 Å². The van der Waals surface area contributed by atoms with Crippen molar-refractivity contribution in [3.05, 3.63) is 53.9 Å². The number of carbonyl (C=O) groups is 1. The van der Waals surface area contributed by atoms with Crippen molar-refractivity contribution in [1.29, 1.82) is 0 Å². The number of hydrogen-bond acceptors (Lipinski definition) is 4. The normalized spacial score (nSPS) is 10.2. The highest BCUT2D eigenvalue weighted by molar-refractivity contribution is 7.99. The number of nitrogens with zero attached hydrogens (tertiary/aromatic N) is 1. The summed E-state index contributed by atoms with van der Waals surface area (Å²) < 4.78 is 5.61. The van der Waals surface area contributed by atoms with Gasteiger partial charge in [-0.05, 0) is 31.2 Å². The van der Waals surface area contributed by atoms with Gasteiger partial charge < -0.3 is 9.84 Å². The number of aryl methyl sites for hydroxylation is 1. The van der Waals surface area contributed by atoms with E-state index in [0.717, 1.165) is 16.4 Å². The lowest BCUT2D eigenvalue weighted by Gasteiger charge is -2.06. The molecule has 0 saturated carbocycles. The van der Waals surface area contributed by atoms with Crippen LogP contribution in [0.1, 0.15) is 16.1 Å². The Balaban J connectivity index is 1.79. The third kappa shape index (κ3) is 4.28. The molecule has 0 aliphatic carbocycles. The van der Waals surface area contributed by atoms with Crippen LogP contribution in [0, 0.1) is 6.92 Å². The number of thioether (sulfide) groups is 1. The summed E-state index contributed by atoms with van der Waals surface area (Å²) in [7, 11) is 0. The molecule has 5 heteroatoms. The first-order valence-electron chi connectivity index (χ1n) is 6.17. The Kier molecular flexibility index (Phi) is 5.01. The maximum absolute atomic E-state index is 10.8.